The highest BCUT2D eigenvalue weighted by Crippen LogP contribution is 2.29. The van der Waals surface area contributed by atoms with E-state index in [0.29, 0.717) is 6.42 Å². The summed E-state index contributed by atoms with van der Waals surface area (Å²) in [5.74, 6) is 1.01. The number of aryl methyl sites for hydroxylation is 1. The Morgan fingerprint density at radius 3 is 3.06 bits per heavy atom. The van der Waals surface area contributed by atoms with Gasteiger partial charge in [-0.05, 0) is 32.3 Å². The van der Waals surface area contributed by atoms with Gasteiger partial charge < -0.3 is 4.90 Å². The van der Waals surface area contributed by atoms with Gasteiger partial charge in [-0.1, -0.05) is 6.92 Å². The first-order valence-electron chi connectivity index (χ1n) is 6.31. The molecule has 4 heteroatoms. The average Bonchev–Trinajstić information content (AvgIpc) is 2.38. The molecule has 1 fully saturated rings. The molecule has 1 unspecified atom stereocenters. The first-order chi connectivity index (χ1) is 8.22. The first-order valence-corrected chi connectivity index (χ1v) is 6.31. The highest BCUT2D eigenvalue weighted by atomic mass is 16.2. The average molecular weight is 233 g/mol. The number of piperidine rings is 1. The van der Waals surface area contributed by atoms with E-state index >= 15 is 0 Å². The summed E-state index contributed by atoms with van der Waals surface area (Å²) in [5, 5.41) is 0. The molecule has 0 N–H and O–H groups in total. The summed E-state index contributed by atoms with van der Waals surface area (Å²) in [5.41, 5.74) is 0.962. The van der Waals surface area contributed by atoms with Crippen LogP contribution in [0.4, 0.5) is 0 Å². The third-order valence-corrected chi connectivity index (χ3v) is 3.24. The highest BCUT2D eigenvalue weighted by Gasteiger charge is 2.28. The summed E-state index contributed by atoms with van der Waals surface area (Å²) in [7, 11) is 0. The number of rotatable bonds is 2. The number of hydrogen-bond acceptors (Lipinski definition) is 3. The third kappa shape index (κ3) is 2.62. The number of aromatic nitrogens is 2. The molecule has 1 aromatic heterocycles. The van der Waals surface area contributed by atoms with Crippen LogP contribution in [0.2, 0.25) is 0 Å². The van der Waals surface area contributed by atoms with Crippen LogP contribution in [0.25, 0.3) is 0 Å². The minimum Gasteiger partial charge on any atom is -0.332 e. The molecule has 4 nitrogen and oxygen atoms in total. The maximum Gasteiger partial charge on any atom is 0.222 e. The standard InChI is InChI=1S/C13H19N3O/c1-3-12(17)16-9-5-4-6-11(16)13-14-8-7-10(2)15-13/h7-8,11H,3-6,9H2,1-2H3. The number of likely N-dealkylation sites (tertiary alicyclic amines) is 1. The molecule has 1 aliphatic heterocycles. The lowest BCUT2D eigenvalue weighted by Crippen LogP contribution is -2.38. The molecule has 0 aliphatic carbocycles. The van der Waals surface area contributed by atoms with Crippen LogP contribution < -0.4 is 0 Å². The Balaban J connectivity index is 2.24. The summed E-state index contributed by atoms with van der Waals surface area (Å²) < 4.78 is 0. The van der Waals surface area contributed by atoms with E-state index in [1.54, 1.807) is 6.20 Å². The Kier molecular flexibility index (Phi) is 3.71. The quantitative estimate of drug-likeness (QED) is 0.787. The van der Waals surface area contributed by atoms with Crippen LogP contribution in [0.3, 0.4) is 0 Å². The Morgan fingerprint density at radius 1 is 1.53 bits per heavy atom. The van der Waals surface area contributed by atoms with Crippen molar-refractivity contribution in [3.8, 4) is 0 Å². The van der Waals surface area contributed by atoms with Crippen molar-refractivity contribution in [2.45, 2.75) is 45.6 Å². The van der Waals surface area contributed by atoms with Gasteiger partial charge in [0.2, 0.25) is 5.91 Å². The van der Waals surface area contributed by atoms with Crippen LogP contribution in [0.15, 0.2) is 12.3 Å². The van der Waals surface area contributed by atoms with E-state index < -0.39 is 0 Å². The Labute approximate surface area is 102 Å². The van der Waals surface area contributed by atoms with Crippen molar-refractivity contribution in [3.05, 3.63) is 23.8 Å². The van der Waals surface area contributed by atoms with E-state index in [1.165, 1.54) is 0 Å². The van der Waals surface area contributed by atoms with Gasteiger partial charge in [0.15, 0.2) is 5.82 Å². The molecular weight excluding hydrogens is 214 g/mol. The minimum absolute atomic E-state index is 0.0797. The van der Waals surface area contributed by atoms with Crippen LogP contribution in [0.1, 0.15) is 50.2 Å². The van der Waals surface area contributed by atoms with Gasteiger partial charge in [-0.25, -0.2) is 9.97 Å². The van der Waals surface area contributed by atoms with E-state index in [1.807, 2.05) is 24.8 Å². The molecule has 0 spiro atoms. The lowest BCUT2D eigenvalue weighted by atomic mass is 10.0. The van der Waals surface area contributed by atoms with Gasteiger partial charge in [-0.3, -0.25) is 4.79 Å². The summed E-state index contributed by atoms with van der Waals surface area (Å²) in [6, 6.07) is 1.97. The second-order valence-corrected chi connectivity index (χ2v) is 4.51. The molecule has 1 amide bonds. The minimum atomic E-state index is 0.0797. The molecule has 2 heterocycles. The van der Waals surface area contributed by atoms with E-state index in [0.717, 1.165) is 37.3 Å². The maximum atomic E-state index is 11.9. The van der Waals surface area contributed by atoms with E-state index in [4.69, 9.17) is 0 Å². The Hall–Kier alpha value is -1.45. The molecule has 1 aromatic rings. The maximum absolute atomic E-state index is 11.9. The van der Waals surface area contributed by atoms with Crippen molar-refractivity contribution in [2.75, 3.05) is 6.54 Å². The normalized spacial score (nSPS) is 20.4. The molecule has 0 saturated carbocycles. The lowest BCUT2D eigenvalue weighted by molar-refractivity contribution is -0.134. The number of carbonyl (C=O) groups is 1. The Bertz CT molecular complexity index is 405. The number of carbonyl (C=O) groups excluding carboxylic acids is 1. The molecule has 92 valence electrons. The zero-order valence-corrected chi connectivity index (χ0v) is 10.5. The Morgan fingerprint density at radius 2 is 2.35 bits per heavy atom. The number of hydrogen-bond donors (Lipinski definition) is 0. The summed E-state index contributed by atoms with van der Waals surface area (Å²) in [4.78, 5) is 22.6. The second kappa shape index (κ2) is 5.25. The predicted octanol–water partition coefficient (Wildman–Crippen LogP) is 2.25. The van der Waals surface area contributed by atoms with Crippen molar-refractivity contribution >= 4 is 5.91 Å². The molecule has 0 bridgehead atoms. The molecule has 0 aromatic carbocycles. The summed E-state index contributed by atoms with van der Waals surface area (Å²) >= 11 is 0. The predicted molar refractivity (Wildman–Crippen MR) is 65.4 cm³/mol. The van der Waals surface area contributed by atoms with Crippen molar-refractivity contribution in [1.29, 1.82) is 0 Å². The zero-order valence-electron chi connectivity index (χ0n) is 10.5. The topological polar surface area (TPSA) is 46.1 Å². The van der Waals surface area contributed by atoms with Crippen molar-refractivity contribution in [2.24, 2.45) is 0 Å². The van der Waals surface area contributed by atoms with Crippen LogP contribution in [-0.2, 0) is 4.79 Å². The van der Waals surface area contributed by atoms with Gasteiger partial charge >= 0.3 is 0 Å². The molecule has 2 rings (SSSR count). The zero-order chi connectivity index (χ0) is 12.3. The van der Waals surface area contributed by atoms with Gasteiger partial charge in [0.05, 0.1) is 6.04 Å². The number of amides is 1. The summed E-state index contributed by atoms with van der Waals surface area (Å²) in [6.45, 7) is 4.71. The molecule has 1 atom stereocenters. The van der Waals surface area contributed by atoms with Gasteiger partial charge in [0.25, 0.3) is 0 Å². The summed E-state index contributed by atoms with van der Waals surface area (Å²) in [6.07, 6.45) is 5.56. The van der Waals surface area contributed by atoms with E-state index in [9.17, 15) is 4.79 Å². The molecule has 1 aliphatic rings. The SMILES string of the molecule is CCC(=O)N1CCCCC1c1nccc(C)n1. The molecule has 0 radical (unpaired) electrons. The molecule has 1 saturated heterocycles. The van der Waals surface area contributed by atoms with Gasteiger partial charge in [-0.15, -0.1) is 0 Å². The fourth-order valence-corrected chi connectivity index (χ4v) is 2.33. The first kappa shape index (κ1) is 12.0. The monoisotopic (exact) mass is 233 g/mol. The van der Waals surface area contributed by atoms with Crippen molar-refractivity contribution < 1.29 is 4.79 Å². The second-order valence-electron chi connectivity index (χ2n) is 4.51. The van der Waals surface area contributed by atoms with Crippen molar-refractivity contribution in [1.82, 2.24) is 14.9 Å². The molecular formula is C13H19N3O. The lowest BCUT2D eigenvalue weighted by Gasteiger charge is -2.34. The van der Waals surface area contributed by atoms with E-state index in [-0.39, 0.29) is 11.9 Å². The third-order valence-electron chi connectivity index (χ3n) is 3.24. The molecule has 17 heavy (non-hydrogen) atoms. The fourth-order valence-electron chi connectivity index (χ4n) is 2.33. The fraction of sp³-hybridized carbons (Fsp3) is 0.615. The van der Waals surface area contributed by atoms with Gasteiger partial charge in [-0.2, -0.15) is 0 Å². The van der Waals surface area contributed by atoms with Crippen LogP contribution >= 0.6 is 0 Å². The van der Waals surface area contributed by atoms with Gasteiger partial charge in [0, 0.05) is 24.9 Å². The van der Waals surface area contributed by atoms with Crippen LogP contribution in [0, 0.1) is 6.92 Å². The largest absolute Gasteiger partial charge is 0.332 e. The van der Waals surface area contributed by atoms with Crippen molar-refractivity contribution in [3.63, 3.8) is 0 Å². The smallest absolute Gasteiger partial charge is 0.222 e. The van der Waals surface area contributed by atoms with Crippen LogP contribution in [0.5, 0.6) is 0 Å². The highest BCUT2D eigenvalue weighted by molar-refractivity contribution is 5.76. The number of nitrogens with zero attached hydrogens (tertiary/aromatic N) is 3. The van der Waals surface area contributed by atoms with Crippen LogP contribution in [-0.4, -0.2) is 27.3 Å². The van der Waals surface area contributed by atoms with Gasteiger partial charge in [0.1, 0.15) is 0 Å². The van der Waals surface area contributed by atoms with E-state index in [2.05, 4.69) is 9.97 Å².